The predicted molar refractivity (Wildman–Crippen MR) is 134 cm³/mol. The van der Waals surface area contributed by atoms with Crippen LogP contribution >= 0.6 is 0 Å². The van der Waals surface area contributed by atoms with Crippen molar-refractivity contribution in [3.05, 3.63) is 42.5 Å². The first-order valence-corrected chi connectivity index (χ1v) is 13.9. The lowest BCUT2D eigenvalue weighted by atomic mass is 10.0. The van der Waals surface area contributed by atoms with Gasteiger partial charge in [-0.3, -0.25) is 9.35 Å². The van der Waals surface area contributed by atoms with Gasteiger partial charge in [0.25, 0.3) is 16.0 Å². The number of benzene rings is 2. The molecule has 0 heterocycles. The summed E-state index contributed by atoms with van der Waals surface area (Å²) in [6, 6.07) is 13.6. The van der Waals surface area contributed by atoms with Crippen molar-refractivity contribution in [2.75, 3.05) is 12.3 Å². The summed E-state index contributed by atoms with van der Waals surface area (Å²) < 4.78 is 36.8. The first kappa shape index (κ1) is 27.1. The summed E-state index contributed by atoms with van der Waals surface area (Å²) in [5.74, 6) is -0.266. The second-order valence-corrected chi connectivity index (χ2v) is 10.2. The van der Waals surface area contributed by atoms with Crippen molar-refractivity contribution in [3.8, 4) is 5.75 Å². The summed E-state index contributed by atoms with van der Waals surface area (Å²) in [7, 11) is -4.12. The third-order valence-electron chi connectivity index (χ3n) is 5.77. The Labute approximate surface area is 198 Å². The molecule has 1 unspecified atom stereocenters. The molecule has 0 fully saturated rings. The minimum absolute atomic E-state index is 0.146. The summed E-state index contributed by atoms with van der Waals surface area (Å²) >= 11 is 0. The Bertz CT molecular complexity index is 945. The van der Waals surface area contributed by atoms with Crippen LogP contribution < -0.4 is 10.1 Å². The van der Waals surface area contributed by atoms with Crippen molar-refractivity contribution < 1.29 is 22.5 Å². The number of fused-ring (bicyclic) bond motifs is 1. The molecular weight excluding hydrogens is 438 g/mol. The van der Waals surface area contributed by atoms with Crippen LogP contribution in [0.2, 0.25) is 0 Å². The van der Waals surface area contributed by atoms with Gasteiger partial charge in [0.05, 0.1) is 5.75 Å². The highest BCUT2D eigenvalue weighted by Gasteiger charge is 2.20. The van der Waals surface area contributed by atoms with Crippen molar-refractivity contribution >= 4 is 26.8 Å². The number of amides is 1. The molecule has 6 nitrogen and oxygen atoms in total. The Morgan fingerprint density at radius 3 is 2.15 bits per heavy atom. The topological polar surface area (TPSA) is 92.7 Å². The minimum atomic E-state index is -4.12. The summed E-state index contributed by atoms with van der Waals surface area (Å²) in [5.41, 5.74) is 0. The van der Waals surface area contributed by atoms with Crippen molar-refractivity contribution in [2.45, 2.75) is 83.7 Å². The molecule has 2 N–H and O–H groups in total. The van der Waals surface area contributed by atoms with E-state index in [-0.39, 0.29) is 12.5 Å². The molecule has 0 aliphatic heterocycles. The molecule has 0 saturated heterocycles. The molecule has 2 aromatic carbocycles. The molecular formula is C26H39NO5S. The fraction of sp³-hybridized carbons (Fsp3) is 0.577. The fourth-order valence-electron chi connectivity index (χ4n) is 3.88. The van der Waals surface area contributed by atoms with Gasteiger partial charge in [0, 0.05) is 6.54 Å². The van der Waals surface area contributed by atoms with E-state index in [4.69, 9.17) is 9.29 Å². The van der Waals surface area contributed by atoms with Crippen molar-refractivity contribution in [1.82, 2.24) is 5.32 Å². The van der Waals surface area contributed by atoms with Gasteiger partial charge >= 0.3 is 0 Å². The van der Waals surface area contributed by atoms with Gasteiger partial charge in [-0.2, -0.15) is 8.42 Å². The number of unbranched alkanes of at least 4 members (excludes halogenated alkanes) is 9. The van der Waals surface area contributed by atoms with E-state index in [0.29, 0.717) is 12.2 Å². The van der Waals surface area contributed by atoms with Gasteiger partial charge in [-0.15, -0.1) is 0 Å². The zero-order chi connectivity index (χ0) is 23.9. The van der Waals surface area contributed by atoms with Gasteiger partial charge < -0.3 is 10.1 Å². The molecule has 0 aliphatic carbocycles. The van der Waals surface area contributed by atoms with Gasteiger partial charge in [-0.25, -0.2) is 0 Å². The lowest BCUT2D eigenvalue weighted by Crippen LogP contribution is -2.40. The van der Waals surface area contributed by atoms with Gasteiger partial charge in [-0.1, -0.05) is 95.0 Å². The van der Waals surface area contributed by atoms with E-state index in [9.17, 15) is 13.2 Å². The van der Waals surface area contributed by atoms with E-state index in [0.717, 1.165) is 30.0 Å². The zero-order valence-electron chi connectivity index (χ0n) is 19.8. The average molecular weight is 478 g/mol. The maximum Gasteiger partial charge on any atom is 0.266 e. The summed E-state index contributed by atoms with van der Waals surface area (Å²) in [6.07, 6.45) is 11.9. The Kier molecular flexibility index (Phi) is 12.3. The van der Waals surface area contributed by atoms with E-state index in [2.05, 4.69) is 12.2 Å². The fourth-order valence-corrected chi connectivity index (χ4v) is 4.24. The minimum Gasteiger partial charge on any atom is -0.481 e. The third-order valence-corrected chi connectivity index (χ3v) is 6.49. The van der Waals surface area contributed by atoms with E-state index in [1.54, 1.807) is 0 Å². The molecule has 184 valence electrons. The lowest BCUT2D eigenvalue weighted by Gasteiger charge is -2.19. The van der Waals surface area contributed by atoms with Crippen LogP contribution in [0.15, 0.2) is 42.5 Å². The molecule has 33 heavy (non-hydrogen) atoms. The molecule has 7 heteroatoms. The number of carbonyl (C=O) groups is 1. The summed E-state index contributed by atoms with van der Waals surface area (Å²) in [5, 5.41) is 4.70. The van der Waals surface area contributed by atoms with E-state index < -0.39 is 22.0 Å². The summed E-state index contributed by atoms with van der Waals surface area (Å²) in [6.45, 7) is 2.08. The van der Waals surface area contributed by atoms with Crippen LogP contribution in [-0.2, 0) is 14.9 Å². The van der Waals surface area contributed by atoms with Crippen LogP contribution in [0.3, 0.4) is 0 Å². The Hall–Kier alpha value is -2.12. The average Bonchev–Trinajstić information content (AvgIpc) is 2.78. The van der Waals surface area contributed by atoms with Gasteiger partial charge in [-0.05, 0) is 35.7 Å². The predicted octanol–water partition coefficient (Wildman–Crippen LogP) is 5.90. The smallest absolute Gasteiger partial charge is 0.266 e. The van der Waals surface area contributed by atoms with Crippen LogP contribution in [0.4, 0.5) is 0 Å². The lowest BCUT2D eigenvalue weighted by molar-refractivity contribution is -0.128. The van der Waals surface area contributed by atoms with Crippen LogP contribution in [0.25, 0.3) is 10.8 Å². The number of hydrogen-bond donors (Lipinski definition) is 2. The Morgan fingerprint density at radius 2 is 1.52 bits per heavy atom. The van der Waals surface area contributed by atoms with Crippen molar-refractivity contribution in [2.24, 2.45) is 0 Å². The first-order chi connectivity index (χ1) is 15.9. The van der Waals surface area contributed by atoms with Crippen molar-refractivity contribution in [3.63, 3.8) is 0 Å². The maximum absolute atomic E-state index is 12.7. The SMILES string of the molecule is CCCCCCCCCCCCC(Oc1ccc2ccccc2c1)C(=O)NCCS(=O)(=O)O. The highest BCUT2D eigenvalue weighted by atomic mass is 32.2. The first-order valence-electron chi connectivity index (χ1n) is 12.3. The standard InChI is InChI=1S/C26H39NO5S/c1-2-3-4-5-6-7-8-9-10-11-16-25(26(28)27-19-20-33(29,30)31)32-24-18-17-22-14-12-13-15-23(22)21-24/h12-15,17-18,21,25H,2-11,16,19-20H2,1H3,(H,27,28)(H,29,30,31). The maximum atomic E-state index is 12.7. The molecule has 0 saturated carbocycles. The summed E-state index contributed by atoms with van der Waals surface area (Å²) in [4.78, 5) is 12.7. The quantitative estimate of drug-likeness (QED) is 0.218. The largest absolute Gasteiger partial charge is 0.481 e. The molecule has 1 atom stereocenters. The van der Waals surface area contributed by atoms with Crippen molar-refractivity contribution in [1.29, 1.82) is 0 Å². The number of nitrogens with one attached hydrogen (secondary N) is 1. The number of ether oxygens (including phenoxy) is 1. The number of hydrogen-bond acceptors (Lipinski definition) is 4. The molecule has 2 rings (SSSR count). The molecule has 0 aromatic heterocycles. The van der Waals surface area contributed by atoms with Crippen LogP contribution in [0, 0.1) is 0 Å². The highest BCUT2D eigenvalue weighted by Crippen LogP contribution is 2.23. The Morgan fingerprint density at radius 1 is 0.909 bits per heavy atom. The van der Waals surface area contributed by atoms with E-state index in [1.165, 1.54) is 44.9 Å². The molecule has 0 radical (unpaired) electrons. The Balaban J connectivity index is 1.84. The highest BCUT2D eigenvalue weighted by molar-refractivity contribution is 7.85. The second kappa shape index (κ2) is 14.9. The van der Waals surface area contributed by atoms with E-state index in [1.807, 2.05) is 42.5 Å². The molecule has 2 aromatic rings. The van der Waals surface area contributed by atoms with Crippen LogP contribution in [-0.4, -0.2) is 37.3 Å². The molecule has 0 aliphatic rings. The van der Waals surface area contributed by atoms with E-state index >= 15 is 0 Å². The van der Waals surface area contributed by atoms with Crippen LogP contribution in [0.1, 0.15) is 77.6 Å². The van der Waals surface area contributed by atoms with Crippen LogP contribution in [0.5, 0.6) is 5.75 Å². The molecule has 0 spiro atoms. The number of carbonyl (C=O) groups excluding carboxylic acids is 1. The van der Waals surface area contributed by atoms with Gasteiger partial charge in [0.2, 0.25) is 0 Å². The third kappa shape index (κ3) is 11.5. The normalized spacial score (nSPS) is 12.5. The second-order valence-electron chi connectivity index (χ2n) is 8.66. The molecule has 0 bridgehead atoms. The monoisotopic (exact) mass is 477 g/mol. The van der Waals surface area contributed by atoms with Gasteiger partial charge in [0.15, 0.2) is 6.10 Å². The number of rotatable bonds is 17. The molecule has 1 amide bonds. The van der Waals surface area contributed by atoms with Gasteiger partial charge in [0.1, 0.15) is 5.75 Å². The zero-order valence-corrected chi connectivity index (χ0v) is 20.6.